The zero-order valence-corrected chi connectivity index (χ0v) is 12.8. The summed E-state index contributed by atoms with van der Waals surface area (Å²) < 4.78 is 0.847. The number of alkyl halides is 1. The van der Waals surface area contributed by atoms with Crippen LogP contribution in [0.3, 0.4) is 0 Å². The summed E-state index contributed by atoms with van der Waals surface area (Å²) in [4.78, 5) is 11.9. The molecule has 0 fully saturated rings. The second-order valence-electron chi connectivity index (χ2n) is 4.60. The van der Waals surface area contributed by atoms with Crippen LogP contribution in [0.15, 0.2) is 22.7 Å². The number of carbonyl (C=O) groups excluding carboxylic acids is 1. The predicted molar refractivity (Wildman–Crippen MR) is 76.0 cm³/mol. The highest BCUT2D eigenvalue weighted by Crippen LogP contribution is 2.22. The molecule has 0 aliphatic heterocycles. The lowest BCUT2D eigenvalue weighted by molar-refractivity contribution is 0.0940. The number of benzene rings is 1. The fourth-order valence-corrected chi connectivity index (χ4v) is 1.99. The Morgan fingerprint density at radius 3 is 2.65 bits per heavy atom. The minimum atomic E-state index is -0.180. The standard InChI is InChI=1S/C12H14BrCl2NO/c1-12(2,6-14)7-16-11(17)9-4-3-8(13)5-10(9)15/h3-5H,6-7H2,1-2H3,(H,16,17). The van der Waals surface area contributed by atoms with E-state index in [-0.39, 0.29) is 11.3 Å². The van der Waals surface area contributed by atoms with Crippen LogP contribution in [0.5, 0.6) is 0 Å². The van der Waals surface area contributed by atoms with Crippen molar-refractivity contribution in [2.24, 2.45) is 5.41 Å². The van der Waals surface area contributed by atoms with Gasteiger partial charge in [0.15, 0.2) is 0 Å². The van der Waals surface area contributed by atoms with Crippen LogP contribution < -0.4 is 5.32 Å². The third kappa shape index (κ3) is 4.49. The second kappa shape index (κ2) is 6.07. The molecule has 1 N–H and O–H groups in total. The molecular weight excluding hydrogens is 325 g/mol. The minimum Gasteiger partial charge on any atom is -0.351 e. The molecule has 1 aromatic rings. The SMILES string of the molecule is CC(C)(CCl)CNC(=O)c1ccc(Br)cc1Cl. The molecule has 0 atom stereocenters. The zero-order chi connectivity index (χ0) is 13.1. The number of rotatable bonds is 4. The van der Waals surface area contributed by atoms with E-state index in [1.165, 1.54) is 0 Å². The summed E-state index contributed by atoms with van der Waals surface area (Å²) >= 11 is 15.1. The highest BCUT2D eigenvalue weighted by Gasteiger charge is 2.18. The Balaban J connectivity index is 2.71. The Hall–Kier alpha value is -0.250. The predicted octanol–water partition coefficient (Wildman–Crippen LogP) is 4.10. The van der Waals surface area contributed by atoms with Crippen molar-refractivity contribution in [1.29, 1.82) is 0 Å². The Bertz CT molecular complexity index is 421. The van der Waals surface area contributed by atoms with Gasteiger partial charge in [-0.25, -0.2) is 0 Å². The molecule has 0 aromatic heterocycles. The minimum absolute atomic E-state index is 0.126. The molecule has 1 amide bonds. The molecule has 0 aliphatic rings. The number of hydrogen-bond acceptors (Lipinski definition) is 1. The summed E-state index contributed by atoms with van der Waals surface area (Å²) in [6.45, 7) is 4.49. The molecule has 0 saturated heterocycles. The lowest BCUT2D eigenvalue weighted by Crippen LogP contribution is -2.35. The van der Waals surface area contributed by atoms with Crippen molar-refractivity contribution in [3.63, 3.8) is 0 Å². The highest BCUT2D eigenvalue weighted by atomic mass is 79.9. The van der Waals surface area contributed by atoms with Crippen LogP contribution in [-0.4, -0.2) is 18.3 Å². The van der Waals surface area contributed by atoms with Crippen LogP contribution in [0.25, 0.3) is 0 Å². The first-order valence-corrected chi connectivity index (χ1v) is 6.85. The molecule has 5 heteroatoms. The van der Waals surface area contributed by atoms with Crippen molar-refractivity contribution in [3.8, 4) is 0 Å². The van der Waals surface area contributed by atoms with Crippen LogP contribution in [0, 0.1) is 5.41 Å². The maximum atomic E-state index is 11.9. The first kappa shape index (κ1) is 14.8. The zero-order valence-electron chi connectivity index (χ0n) is 9.69. The van der Waals surface area contributed by atoms with E-state index in [1.807, 2.05) is 13.8 Å². The number of amides is 1. The highest BCUT2D eigenvalue weighted by molar-refractivity contribution is 9.10. The smallest absolute Gasteiger partial charge is 0.252 e. The Morgan fingerprint density at radius 2 is 2.12 bits per heavy atom. The van der Waals surface area contributed by atoms with E-state index in [4.69, 9.17) is 23.2 Å². The number of nitrogens with one attached hydrogen (secondary N) is 1. The summed E-state index contributed by atoms with van der Waals surface area (Å²) in [6, 6.07) is 5.17. The molecule has 0 heterocycles. The molecule has 2 nitrogen and oxygen atoms in total. The fraction of sp³-hybridized carbons (Fsp3) is 0.417. The van der Waals surface area contributed by atoms with Crippen molar-refractivity contribution >= 4 is 45.0 Å². The van der Waals surface area contributed by atoms with Gasteiger partial charge in [-0.1, -0.05) is 41.4 Å². The van der Waals surface area contributed by atoms with Crippen molar-refractivity contribution in [2.45, 2.75) is 13.8 Å². The van der Waals surface area contributed by atoms with Crippen LogP contribution in [0.4, 0.5) is 0 Å². The van der Waals surface area contributed by atoms with E-state index in [9.17, 15) is 4.79 Å². The molecule has 1 rings (SSSR count). The molecule has 0 unspecified atom stereocenters. The van der Waals surface area contributed by atoms with Gasteiger partial charge in [-0.15, -0.1) is 11.6 Å². The van der Waals surface area contributed by atoms with Gasteiger partial charge in [-0.05, 0) is 23.6 Å². The van der Waals surface area contributed by atoms with Gasteiger partial charge in [-0.3, -0.25) is 4.79 Å². The average Bonchev–Trinajstić information content (AvgIpc) is 2.26. The fourth-order valence-electron chi connectivity index (χ4n) is 1.14. The average molecular weight is 339 g/mol. The van der Waals surface area contributed by atoms with Gasteiger partial charge < -0.3 is 5.32 Å². The molecule has 0 radical (unpaired) electrons. The summed E-state index contributed by atoms with van der Waals surface area (Å²) in [5, 5.41) is 3.26. The molecule has 0 bridgehead atoms. The van der Waals surface area contributed by atoms with Crippen molar-refractivity contribution in [1.82, 2.24) is 5.32 Å². The molecule has 0 aliphatic carbocycles. The monoisotopic (exact) mass is 337 g/mol. The maximum Gasteiger partial charge on any atom is 0.252 e. The lowest BCUT2D eigenvalue weighted by Gasteiger charge is -2.21. The lowest BCUT2D eigenvalue weighted by atomic mass is 9.96. The van der Waals surface area contributed by atoms with Crippen LogP contribution in [-0.2, 0) is 0 Å². The van der Waals surface area contributed by atoms with E-state index in [2.05, 4.69) is 21.2 Å². The first-order valence-electron chi connectivity index (χ1n) is 5.15. The quantitative estimate of drug-likeness (QED) is 0.823. The van der Waals surface area contributed by atoms with E-state index >= 15 is 0 Å². The Labute approximate surface area is 120 Å². The summed E-state index contributed by atoms with van der Waals surface area (Å²) in [5.41, 5.74) is 0.347. The first-order chi connectivity index (χ1) is 7.85. The van der Waals surface area contributed by atoms with Crippen LogP contribution in [0.2, 0.25) is 5.02 Å². The van der Waals surface area contributed by atoms with Crippen molar-refractivity contribution in [3.05, 3.63) is 33.3 Å². The van der Waals surface area contributed by atoms with E-state index in [0.717, 1.165) is 4.47 Å². The van der Waals surface area contributed by atoms with E-state index < -0.39 is 0 Å². The van der Waals surface area contributed by atoms with E-state index in [1.54, 1.807) is 18.2 Å². The molecular formula is C12H14BrCl2NO. The van der Waals surface area contributed by atoms with Crippen molar-refractivity contribution in [2.75, 3.05) is 12.4 Å². The third-order valence-corrected chi connectivity index (χ3v) is 3.79. The summed E-state index contributed by atoms with van der Waals surface area (Å²) in [5.74, 6) is 0.308. The normalized spacial score (nSPS) is 11.4. The van der Waals surface area contributed by atoms with Gasteiger partial charge in [0.25, 0.3) is 5.91 Å². The largest absolute Gasteiger partial charge is 0.351 e. The van der Waals surface area contributed by atoms with Gasteiger partial charge in [-0.2, -0.15) is 0 Å². The topological polar surface area (TPSA) is 29.1 Å². The van der Waals surface area contributed by atoms with Crippen LogP contribution in [0.1, 0.15) is 24.2 Å². The van der Waals surface area contributed by atoms with Gasteiger partial charge in [0.05, 0.1) is 10.6 Å². The molecule has 0 saturated carbocycles. The number of carbonyl (C=O) groups is 1. The van der Waals surface area contributed by atoms with E-state index in [0.29, 0.717) is 23.0 Å². The molecule has 94 valence electrons. The van der Waals surface area contributed by atoms with Crippen molar-refractivity contribution < 1.29 is 4.79 Å². The van der Waals surface area contributed by atoms with Gasteiger partial charge in [0.1, 0.15) is 0 Å². The second-order valence-corrected chi connectivity index (χ2v) is 6.19. The summed E-state index contributed by atoms with van der Waals surface area (Å²) in [7, 11) is 0. The molecule has 1 aromatic carbocycles. The Morgan fingerprint density at radius 1 is 1.47 bits per heavy atom. The van der Waals surface area contributed by atoms with Gasteiger partial charge in [0.2, 0.25) is 0 Å². The maximum absolute atomic E-state index is 11.9. The Kier molecular flexibility index (Phi) is 5.29. The number of halogens is 3. The summed E-state index contributed by atoms with van der Waals surface area (Å²) in [6.07, 6.45) is 0. The number of hydrogen-bond donors (Lipinski definition) is 1. The third-order valence-electron chi connectivity index (χ3n) is 2.27. The van der Waals surface area contributed by atoms with Gasteiger partial charge >= 0.3 is 0 Å². The van der Waals surface area contributed by atoms with Crippen LogP contribution >= 0.6 is 39.1 Å². The molecule has 17 heavy (non-hydrogen) atoms. The molecule has 0 spiro atoms. The van der Waals surface area contributed by atoms with Gasteiger partial charge in [0, 0.05) is 16.9 Å².